The first-order chi connectivity index (χ1) is 8.56. The fourth-order valence-electron chi connectivity index (χ4n) is 3.44. The van der Waals surface area contributed by atoms with Crippen molar-refractivity contribution in [3.05, 3.63) is 17.0 Å². The van der Waals surface area contributed by atoms with Crippen LogP contribution in [0.5, 0.6) is 0 Å². The largest absolute Gasteiger partial charge is 0.361 e. The zero-order valence-electron chi connectivity index (χ0n) is 11.2. The summed E-state index contributed by atoms with van der Waals surface area (Å²) in [6.07, 6.45) is 3.53. The van der Waals surface area contributed by atoms with Gasteiger partial charge in [0.05, 0.1) is 11.7 Å². The number of nitrogens with zero attached hydrogens (tertiary/aromatic N) is 1. The van der Waals surface area contributed by atoms with E-state index < -0.39 is 0 Å². The van der Waals surface area contributed by atoms with Gasteiger partial charge in [-0.25, -0.2) is 0 Å². The number of amides is 1. The van der Waals surface area contributed by atoms with Gasteiger partial charge in [0, 0.05) is 11.5 Å². The second-order valence-corrected chi connectivity index (χ2v) is 5.89. The lowest BCUT2D eigenvalue weighted by molar-refractivity contribution is -0.125. The Labute approximate surface area is 107 Å². The molecule has 0 spiro atoms. The van der Waals surface area contributed by atoms with E-state index in [4.69, 9.17) is 4.52 Å². The number of carbonyl (C=O) groups is 1. The SMILES string of the molecule is Cc1noc(C)c1C(C)NC(=O)C1CC2CC2C1. The number of rotatable bonds is 3. The van der Waals surface area contributed by atoms with E-state index in [9.17, 15) is 4.79 Å². The first kappa shape index (κ1) is 11.8. The monoisotopic (exact) mass is 248 g/mol. The molecule has 18 heavy (non-hydrogen) atoms. The molecule has 1 heterocycles. The molecule has 4 nitrogen and oxygen atoms in total. The van der Waals surface area contributed by atoms with Crippen molar-refractivity contribution in [2.45, 2.75) is 46.1 Å². The highest BCUT2D eigenvalue weighted by molar-refractivity contribution is 5.79. The zero-order chi connectivity index (χ0) is 12.9. The summed E-state index contributed by atoms with van der Waals surface area (Å²) < 4.78 is 5.15. The molecule has 2 aliphatic rings. The molecule has 1 N–H and O–H groups in total. The molecule has 1 aromatic rings. The molecule has 0 saturated heterocycles. The standard InChI is InChI=1S/C14H20N2O2/c1-7(13-8(2)16-18-9(13)3)15-14(17)12-5-10-4-11(10)6-12/h7,10-12H,4-6H2,1-3H3,(H,15,17). The Morgan fingerprint density at radius 1 is 1.33 bits per heavy atom. The number of aromatic nitrogens is 1. The van der Waals surface area contributed by atoms with Crippen LogP contribution in [0, 0.1) is 31.6 Å². The Balaban J connectivity index is 1.63. The lowest BCUT2D eigenvalue weighted by Crippen LogP contribution is -2.32. The molecule has 4 heteroatoms. The van der Waals surface area contributed by atoms with Crippen LogP contribution in [0.25, 0.3) is 0 Å². The fraction of sp³-hybridized carbons (Fsp3) is 0.714. The van der Waals surface area contributed by atoms with Gasteiger partial charge in [0.15, 0.2) is 0 Å². The van der Waals surface area contributed by atoms with Crippen LogP contribution >= 0.6 is 0 Å². The normalized spacial score (nSPS) is 30.9. The van der Waals surface area contributed by atoms with E-state index >= 15 is 0 Å². The average Bonchev–Trinajstić information content (AvgIpc) is 2.77. The van der Waals surface area contributed by atoms with Crippen LogP contribution in [0.15, 0.2) is 4.52 Å². The van der Waals surface area contributed by atoms with Gasteiger partial charge in [-0.3, -0.25) is 4.79 Å². The third-order valence-corrected chi connectivity index (χ3v) is 4.49. The summed E-state index contributed by atoms with van der Waals surface area (Å²) in [7, 11) is 0. The molecule has 0 aliphatic heterocycles. The maximum atomic E-state index is 12.2. The summed E-state index contributed by atoms with van der Waals surface area (Å²) in [6, 6.07) is -0.0133. The van der Waals surface area contributed by atoms with Crippen LogP contribution in [0.4, 0.5) is 0 Å². The summed E-state index contributed by atoms with van der Waals surface area (Å²) >= 11 is 0. The van der Waals surface area contributed by atoms with E-state index in [0.29, 0.717) is 0 Å². The predicted octanol–water partition coefficient (Wildman–Crippen LogP) is 2.51. The molecule has 2 aliphatic carbocycles. The molecule has 3 atom stereocenters. The van der Waals surface area contributed by atoms with Gasteiger partial charge in [0.2, 0.25) is 5.91 Å². The molecule has 1 amide bonds. The van der Waals surface area contributed by atoms with Gasteiger partial charge < -0.3 is 9.84 Å². The quantitative estimate of drug-likeness (QED) is 0.894. The Morgan fingerprint density at radius 3 is 2.56 bits per heavy atom. The molecule has 3 unspecified atom stereocenters. The Kier molecular flexibility index (Phi) is 2.68. The van der Waals surface area contributed by atoms with Crippen molar-refractivity contribution in [3.63, 3.8) is 0 Å². The minimum Gasteiger partial charge on any atom is -0.361 e. The van der Waals surface area contributed by atoms with E-state index in [-0.39, 0.29) is 17.9 Å². The van der Waals surface area contributed by atoms with Crippen molar-refractivity contribution >= 4 is 5.91 Å². The number of hydrogen-bond acceptors (Lipinski definition) is 3. The zero-order valence-corrected chi connectivity index (χ0v) is 11.2. The van der Waals surface area contributed by atoms with Crippen LogP contribution in [-0.4, -0.2) is 11.1 Å². The van der Waals surface area contributed by atoms with Crippen LogP contribution < -0.4 is 5.32 Å². The van der Waals surface area contributed by atoms with Crippen LogP contribution in [0.1, 0.15) is 49.2 Å². The van der Waals surface area contributed by atoms with Crippen LogP contribution in [0.3, 0.4) is 0 Å². The molecule has 3 rings (SSSR count). The number of fused-ring (bicyclic) bond motifs is 1. The number of carbonyl (C=O) groups excluding carboxylic acids is 1. The minimum atomic E-state index is -0.0133. The van der Waals surface area contributed by atoms with E-state index in [1.54, 1.807) is 0 Å². The minimum absolute atomic E-state index is 0.0133. The number of nitrogens with one attached hydrogen (secondary N) is 1. The van der Waals surface area contributed by atoms with E-state index in [2.05, 4.69) is 10.5 Å². The topological polar surface area (TPSA) is 55.1 Å². The van der Waals surface area contributed by atoms with Gasteiger partial charge in [0.1, 0.15) is 5.76 Å². The maximum absolute atomic E-state index is 12.2. The van der Waals surface area contributed by atoms with Crippen molar-refractivity contribution in [1.29, 1.82) is 0 Å². The number of hydrogen-bond donors (Lipinski definition) is 1. The van der Waals surface area contributed by atoms with Gasteiger partial charge >= 0.3 is 0 Å². The van der Waals surface area contributed by atoms with Gasteiger partial charge in [-0.05, 0) is 51.9 Å². The van der Waals surface area contributed by atoms with Gasteiger partial charge in [-0.2, -0.15) is 0 Å². The van der Waals surface area contributed by atoms with Crippen molar-refractivity contribution < 1.29 is 9.32 Å². The Morgan fingerprint density at radius 2 is 2.00 bits per heavy atom. The molecule has 2 saturated carbocycles. The second kappa shape index (κ2) is 4.11. The van der Waals surface area contributed by atoms with Gasteiger partial charge in [-0.15, -0.1) is 0 Å². The highest BCUT2D eigenvalue weighted by Crippen LogP contribution is 2.54. The van der Waals surface area contributed by atoms with Crippen molar-refractivity contribution in [1.82, 2.24) is 10.5 Å². The van der Waals surface area contributed by atoms with Crippen molar-refractivity contribution in [3.8, 4) is 0 Å². The summed E-state index contributed by atoms with van der Waals surface area (Å²) in [5, 5.41) is 7.04. The molecule has 98 valence electrons. The Hall–Kier alpha value is -1.32. The summed E-state index contributed by atoms with van der Waals surface area (Å²) in [5.74, 6) is 2.92. The maximum Gasteiger partial charge on any atom is 0.223 e. The Bertz CT molecular complexity index is 451. The highest BCUT2D eigenvalue weighted by atomic mass is 16.5. The fourth-order valence-corrected chi connectivity index (χ4v) is 3.44. The van der Waals surface area contributed by atoms with E-state index in [1.807, 2.05) is 20.8 Å². The van der Waals surface area contributed by atoms with Crippen LogP contribution in [0.2, 0.25) is 0 Å². The molecule has 0 bridgehead atoms. The average molecular weight is 248 g/mol. The molecule has 0 radical (unpaired) electrons. The first-order valence-electron chi connectivity index (χ1n) is 6.79. The highest BCUT2D eigenvalue weighted by Gasteiger charge is 2.48. The van der Waals surface area contributed by atoms with Crippen LogP contribution in [-0.2, 0) is 4.79 Å². The third kappa shape index (κ3) is 1.93. The molecule has 1 aromatic heterocycles. The number of aryl methyl sites for hydroxylation is 2. The molecule has 0 aromatic carbocycles. The van der Waals surface area contributed by atoms with Crippen molar-refractivity contribution in [2.75, 3.05) is 0 Å². The second-order valence-electron chi connectivity index (χ2n) is 5.89. The van der Waals surface area contributed by atoms with Crippen molar-refractivity contribution in [2.24, 2.45) is 17.8 Å². The lowest BCUT2D eigenvalue weighted by atomic mass is 10.0. The molecular formula is C14H20N2O2. The first-order valence-corrected chi connectivity index (χ1v) is 6.79. The summed E-state index contributed by atoms with van der Waals surface area (Å²) in [5.41, 5.74) is 1.89. The molecular weight excluding hydrogens is 228 g/mol. The summed E-state index contributed by atoms with van der Waals surface area (Å²) in [6.45, 7) is 5.81. The smallest absolute Gasteiger partial charge is 0.223 e. The molecule has 2 fully saturated rings. The lowest BCUT2D eigenvalue weighted by Gasteiger charge is -2.17. The van der Waals surface area contributed by atoms with Gasteiger partial charge in [0.25, 0.3) is 0 Å². The van der Waals surface area contributed by atoms with E-state index in [0.717, 1.165) is 41.7 Å². The predicted molar refractivity (Wildman–Crippen MR) is 66.9 cm³/mol. The summed E-state index contributed by atoms with van der Waals surface area (Å²) in [4.78, 5) is 12.2. The van der Waals surface area contributed by atoms with E-state index in [1.165, 1.54) is 6.42 Å². The third-order valence-electron chi connectivity index (χ3n) is 4.49. The van der Waals surface area contributed by atoms with Gasteiger partial charge in [-0.1, -0.05) is 5.16 Å².